The van der Waals surface area contributed by atoms with Gasteiger partial charge in [0.2, 0.25) is 23.3 Å². The van der Waals surface area contributed by atoms with Gasteiger partial charge in [-0.2, -0.15) is 0 Å². The van der Waals surface area contributed by atoms with Crippen LogP contribution >= 0.6 is 0 Å². The maximum atomic E-state index is 15.9. The first kappa shape index (κ1) is 47.4. The number of rotatable bonds is 4. The van der Waals surface area contributed by atoms with E-state index in [-0.39, 0.29) is 20.4 Å². The molecule has 0 saturated heterocycles. The van der Waals surface area contributed by atoms with Gasteiger partial charge in [0.05, 0.1) is 45.0 Å². The molecule has 4 aliphatic rings. The third kappa shape index (κ3) is 6.62. The summed E-state index contributed by atoms with van der Waals surface area (Å²) in [5.74, 6) is -53.4. The summed E-state index contributed by atoms with van der Waals surface area (Å²) in [5.41, 5.74) is -19.6. The fraction of sp³-hybridized carbons (Fsp3) is 0. The second-order valence-electron chi connectivity index (χ2n) is 14.1. The van der Waals surface area contributed by atoms with E-state index in [0.29, 0.717) is 48.6 Å². The van der Waals surface area contributed by atoms with Crippen molar-refractivity contribution in [3.05, 3.63) is 174 Å². The van der Waals surface area contributed by atoms with Crippen molar-refractivity contribution >= 4 is 35.3 Å². The van der Waals surface area contributed by atoms with Crippen LogP contribution in [0.5, 0.6) is 0 Å². The molecule has 0 N–H and O–H groups in total. The molecule has 1 aromatic heterocycles. The molecule has 0 unspecified atom stereocenters. The summed E-state index contributed by atoms with van der Waals surface area (Å²) in [6.45, 7) is 0. The van der Waals surface area contributed by atoms with Crippen LogP contribution in [0.2, 0.25) is 0 Å². The Bertz CT molecular complexity index is 3360. The van der Waals surface area contributed by atoms with E-state index in [1.807, 2.05) is 0 Å². The van der Waals surface area contributed by atoms with Crippen molar-refractivity contribution in [2.24, 2.45) is 0 Å². The Morgan fingerprint density at radius 1 is 0.235 bits per heavy atom. The van der Waals surface area contributed by atoms with E-state index in [0.717, 1.165) is 0 Å². The molecule has 0 saturated carbocycles. The molecule has 5 aromatic rings. The molecule has 4 heterocycles. The molecular weight excluding hydrogens is 1060 g/mol. The van der Waals surface area contributed by atoms with Gasteiger partial charge in [-0.3, -0.25) is 0 Å². The molecule has 0 fully saturated rings. The minimum Gasteiger partial charge on any atom is -0.657 e. The molecule has 1 aliphatic carbocycles. The van der Waals surface area contributed by atoms with Gasteiger partial charge in [-0.15, -0.1) is 11.0 Å². The molecule has 4 aromatic carbocycles. The Labute approximate surface area is 376 Å². The van der Waals surface area contributed by atoms with Gasteiger partial charge in [0.25, 0.3) is 0 Å². The maximum absolute atomic E-state index is 15.9. The number of aromatic nitrogens is 3. The zero-order valence-corrected chi connectivity index (χ0v) is 33.4. The number of nitrogens with zero attached hydrogens (tertiary/aromatic N) is 3. The molecule has 350 valence electrons. The van der Waals surface area contributed by atoms with E-state index in [1.165, 1.54) is 0 Å². The van der Waals surface area contributed by atoms with Gasteiger partial charge < -0.3 is 4.98 Å². The first-order chi connectivity index (χ1) is 31.6. The SMILES string of the molecule is Fc1c(F)c(F)c(-c2c3nc(c(-c4c(F)c(F)c(F)c(F)c4F)c4ccc([n-]4)c(-c4c(F)c(F)c(F)c(F)c4F)c4nc(c(-c5c(F)c(F)c(F)c(F)c5F)c5ccc2=5)C=C4)C=C3)c(F)c1F.[Pd]. The minimum atomic E-state index is -2.76. The zero-order chi connectivity index (χ0) is 48.6. The number of hydrogen-bond acceptors (Lipinski definition) is 2. The second kappa shape index (κ2) is 16.6. The Kier molecular flexibility index (Phi) is 11.6. The smallest absolute Gasteiger partial charge is 0.200 e. The van der Waals surface area contributed by atoms with Crippen molar-refractivity contribution in [2.45, 2.75) is 0 Å². The standard InChI is InChI=1S/C44H8F20N3.Pd/c45-25-21(26(46)34(54)41(61)33(25)53)17-9-1-2-10(9)18(22-27(47)35(55)42(62)36(56)28(22)48)12-4-6-14(66-12)20(24-31(51)39(59)44(64)40(60)32(24)52)16-8-7-15(67-16)19(13-5-3-11(17)65-13)23-29(49)37(57)43(63)38(58)30(23)50;/h1-8H;/q-1;. The van der Waals surface area contributed by atoms with E-state index >= 15 is 35.1 Å². The summed E-state index contributed by atoms with van der Waals surface area (Å²) in [5, 5.41) is -1.97. The summed E-state index contributed by atoms with van der Waals surface area (Å²) < 4.78 is 304. The van der Waals surface area contributed by atoms with Crippen molar-refractivity contribution in [3.8, 4) is 44.5 Å². The maximum Gasteiger partial charge on any atom is 0.200 e. The molecule has 9 rings (SSSR count). The quantitative estimate of drug-likeness (QED) is 0.0763. The van der Waals surface area contributed by atoms with Crippen LogP contribution in [0.15, 0.2) is 24.3 Å². The van der Waals surface area contributed by atoms with Crippen LogP contribution in [0, 0.1) is 127 Å². The van der Waals surface area contributed by atoms with E-state index < -0.39 is 205 Å². The van der Waals surface area contributed by atoms with Crippen molar-refractivity contribution < 1.29 is 108 Å². The molecule has 3 nitrogen and oxygen atoms in total. The van der Waals surface area contributed by atoms with Crippen LogP contribution in [0.3, 0.4) is 0 Å². The average Bonchev–Trinajstić information content (AvgIpc) is 4.10. The van der Waals surface area contributed by atoms with Crippen molar-refractivity contribution in [2.75, 3.05) is 0 Å². The molecule has 24 heteroatoms. The monoisotopic (exact) mass is 1060 g/mol. The van der Waals surface area contributed by atoms with E-state index in [4.69, 9.17) is 0 Å². The van der Waals surface area contributed by atoms with Gasteiger partial charge in [-0.1, -0.05) is 24.3 Å². The largest absolute Gasteiger partial charge is 0.657 e. The van der Waals surface area contributed by atoms with Gasteiger partial charge in [-0.25, -0.2) is 97.8 Å². The van der Waals surface area contributed by atoms with Gasteiger partial charge in [0.15, 0.2) is 93.1 Å². The van der Waals surface area contributed by atoms with Crippen molar-refractivity contribution in [1.29, 1.82) is 0 Å². The molecule has 3 aliphatic heterocycles. The van der Waals surface area contributed by atoms with Gasteiger partial charge in [-0.05, 0) is 45.9 Å². The summed E-state index contributed by atoms with van der Waals surface area (Å²) in [7, 11) is 0. The van der Waals surface area contributed by atoms with Crippen LogP contribution in [0.1, 0.15) is 22.8 Å². The minimum absolute atomic E-state index is 0. The number of halogens is 20. The van der Waals surface area contributed by atoms with Crippen molar-refractivity contribution in [3.63, 3.8) is 0 Å². The van der Waals surface area contributed by atoms with Gasteiger partial charge in [0.1, 0.15) is 0 Å². The predicted octanol–water partition coefficient (Wildman–Crippen LogP) is 13.4. The van der Waals surface area contributed by atoms with Gasteiger partial charge >= 0.3 is 0 Å². The topological polar surface area (TPSA) is 39.9 Å². The third-order valence-corrected chi connectivity index (χ3v) is 10.5. The average molecular weight is 1060 g/mol. The molecule has 0 atom stereocenters. The number of benzene rings is 4. The van der Waals surface area contributed by atoms with Crippen molar-refractivity contribution in [1.82, 2.24) is 15.0 Å². The fourth-order valence-electron chi connectivity index (χ4n) is 7.48. The first-order valence-electron chi connectivity index (χ1n) is 18.0. The summed E-state index contributed by atoms with van der Waals surface area (Å²) in [4.78, 5) is 11.7. The van der Waals surface area contributed by atoms with Crippen LogP contribution in [0.25, 0.3) is 79.8 Å². The van der Waals surface area contributed by atoms with Crippen LogP contribution in [-0.2, 0) is 20.4 Å². The summed E-state index contributed by atoms with van der Waals surface area (Å²) in [6.07, 6.45) is 2.24. The Morgan fingerprint density at radius 3 is 0.647 bits per heavy atom. The Balaban J connectivity index is 0.00000625. The molecular formula is C44H8F20N3Pd-. The normalized spacial score (nSPS) is 12.2. The van der Waals surface area contributed by atoms with Crippen LogP contribution in [-0.4, -0.2) is 9.97 Å². The fourth-order valence-corrected chi connectivity index (χ4v) is 7.48. The number of hydrogen-bond donors (Lipinski definition) is 0. The molecule has 68 heavy (non-hydrogen) atoms. The second-order valence-corrected chi connectivity index (χ2v) is 14.1. The Hall–Kier alpha value is -7.06. The van der Waals surface area contributed by atoms with E-state index in [2.05, 4.69) is 15.0 Å². The van der Waals surface area contributed by atoms with Crippen LogP contribution in [0.4, 0.5) is 87.8 Å². The van der Waals surface area contributed by atoms with E-state index in [9.17, 15) is 52.7 Å². The summed E-state index contributed by atoms with van der Waals surface area (Å²) in [6, 6.07) is 2.51. The third-order valence-electron chi connectivity index (χ3n) is 10.5. The Morgan fingerprint density at radius 2 is 0.426 bits per heavy atom. The molecule has 0 spiro atoms. The zero-order valence-electron chi connectivity index (χ0n) is 31.8. The van der Waals surface area contributed by atoms with Crippen LogP contribution < -0.4 is 4.98 Å². The molecule has 6 bridgehead atoms. The summed E-state index contributed by atoms with van der Waals surface area (Å²) >= 11 is 0. The predicted molar refractivity (Wildman–Crippen MR) is 193 cm³/mol. The van der Waals surface area contributed by atoms with Gasteiger partial charge in [0, 0.05) is 31.5 Å². The van der Waals surface area contributed by atoms with E-state index in [1.54, 1.807) is 0 Å². The number of fused-ring (bicyclic) bond motifs is 6. The molecule has 0 radical (unpaired) electrons. The first-order valence-corrected chi connectivity index (χ1v) is 18.0. The molecule has 0 amide bonds.